The molecule has 2 N–H and O–H groups in total. The maximum absolute atomic E-state index is 11.7. The van der Waals surface area contributed by atoms with Crippen LogP contribution >= 0.6 is 0 Å². The molecule has 0 aliphatic carbocycles. The van der Waals surface area contributed by atoms with E-state index in [1.54, 1.807) is 11.9 Å². The Hall–Kier alpha value is -1.55. The molecule has 1 aromatic rings. The van der Waals surface area contributed by atoms with E-state index in [9.17, 15) is 4.79 Å². The third-order valence-corrected chi connectivity index (χ3v) is 2.32. The average Bonchev–Trinajstić information content (AvgIpc) is 2.29. The number of carbonyl (C=O) groups excluding carboxylic acids is 1. The van der Waals surface area contributed by atoms with Crippen LogP contribution in [0.25, 0.3) is 0 Å². The second-order valence-electron chi connectivity index (χ2n) is 4.16. The smallest absolute Gasteiger partial charge is 0.225 e. The maximum Gasteiger partial charge on any atom is 0.225 e. The molecule has 0 spiro atoms. The van der Waals surface area contributed by atoms with Gasteiger partial charge < -0.3 is 15.4 Å². The highest BCUT2D eigenvalue weighted by atomic mass is 16.5. The summed E-state index contributed by atoms with van der Waals surface area (Å²) >= 11 is 0. The summed E-state index contributed by atoms with van der Waals surface area (Å²) in [5, 5.41) is 0. The highest BCUT2D eigenvalue weighted by Crippen LogP contribution is 2.08. The summed E-state index contributed by atoms with van der Waals surface area (Å²) in [7, 11) is 1.76. The van der Waals surface area contributed by atoms with E-state index < -0.39 is 0 Å². The number of nitrogens with two attached hydrogens (primary N) is 1. The van der Waals surface area contributed by atoms with Crippen LogP contribution in [0.2, 0.25) is 0 Å². The Kier molecular flexibility index (Phi) is 5.49. The second-order valence-corrected chi connectivity index (χ2v) is 4.16. The van der Waals surface area contributed by atoms with E-state index in [4.69, 9.17) is 10.5 Å². The summed E-state index contributed by atoms with van der Waals surface area (Å²) in [6.45, 7) is 2.85. The molecule has 94 valence electrons. The predicted octanol–water partition coefficient (Wildman–Crippen LogP) is 1.26. The number of rotatable bonds is 6. The summed E-state index contributed by atoms with van der Waals surface area (Å²) in [5.74, 6) is 0.841. The molecule has 0 aliphatic rings. The van der Waals surface area contributed by atoms with Gasteiger partial charge in [0, 0.05) is 19.6 Å². The molecule has 0 bridgehead atoms. The van der Waals surface area contributed by atoms with Gasteiger partial charge in [0.05, 0.1) is 13.0 Å². The Morgan fingerprint density at radius 2 is 2.06 bits per heavy atom. The van der Waals surface area contributed by atoms with Gasteiger partial charge in [0.2, 0.25) is 5.91 Å². The lowest BCUT2D eigenvalue weighted by Gasteiger charge is -2.19. The molecule has 1 unspecified atom stereocenters. The molecule has 0 radical (unpaired) electrons. The molecular weight excluding hydrogens is 216 g/mol. The van der Waals surface area contributed by atoms with E-state index in [-0.39, 0.29) is 11.9 Å². The van der Waals surface area contributed by atoms with Crippen LogP contribution in [0.5, 0.6) is 5.75 Å². The molecule has 4 heteroatoms. The number of hydrogen-bond donors (Lipinski definition) is 1. The van der Waals surface area contributed by atoms with Gasteiger partial charge in [-0.2, -0.15) is 0 Å². The van der Waals surface area contributed by atoms with Gasteiger partial charge in [0.1, 0.15) is 5.75 Å². The van der Waals surface area contributed by atoms with Gasteiger partial charge >= 0.3 is 0 Å². The van der Waals surface area contributed by atoms with Crippen molar-refractivity contribution in [1.82, 2.24) is 4.90 Å². The Bertz CT molecular complexity index is 339. The molecular formula is C13H20N2O2. The molecule has 0 aromatic heterocycles. The Morgan fingerprint density at radius 1 is 1.41 bits per heavy atom. The van der Waals surface area contributed by atoms with E-state index in [1.807, 2.05) is 37.3 Å². The monoisotopic (exact) mass is 236 g/mol. The molecule has 0 saturated heterocycles. The number of benzene rings is 1. The summed E-state index contributed by atoms with van der Waals surface area (Å²) in [4.78, 5) is 13.3. The van der Waals surface area contributed by atoms with Crippen LogP contribution in [0, 0.1) is 0 Å². The number of hydrogen-bond acceptors (Lipinski definition) is 3. The normalized spacial score (nSPS) is 11.9. The zero-order chi connectivity index (χ0) is 12.7. The summed E-state index contributed by atoms with van der Waals surface area (Å²) < 4.78 is 5.45. The molecule has 0 saturated carbocycles. The fourth-order valence-electron chi connectivity index (χ4n) is 1.50. The van der Waals surface area contributed by atoms with Crippen molar-refractivity contribution in [2.75, 3.05) is 20.2 Å². The van der Waals surface area contributed by atoms with Crippen molar-refractivity contribution in [2.45, 2.75) is 19.4 Å². The van der Waals surface area contributed by atoms with Crippen molar-refractivity contribution in [3.05, 3.63) is 30.3 Å². The third-order valence-electron chi connectivity index (χ3n) is 2.32. The highest BCUT2D eigenvalue weighted by molar-refractivity contribution is 5.76. The summed E-state index contributed by atoms with van der Waals surface area (Å²) in [5.41, 5.74) is 5.63. The first-order chi connectivity index (χ1) is 8.09. The second kappa shape index (κ2) is 6.91. The van der Waals surface area contributed by atoms with Crippen molar-refractivity contribution in [2.24, 2.45) is 5.73 Å². The highest BCUT2D eigenvalue weighted by Gasteiger charge is 2.10. The Morgan fingerprint density at radius 3 is 2.65 bits per heavy atom. The number of amides is 1. The van der Waals surface area contributed by atoms with Crippen molar-refractivity contribution >= 4 is 5.91 Å². The third kappa shape index (κ3) is 5.36. The van der Waals surface area contributed by atoms with Gasteiger partial charge in [0.15, 0.2) is 0 Å². The standard InChI is InChI=1S/C13H20N2O2/c1-11(14)10-15(2)13(16)8-9-17-12-6-4-3-5-7-12/h3-7,11H,8-10,14H2,1-2H3. The minimum absolute atomic E-state index is 0.000934. The van der Waals surface area contributed by atoms with Gasteiger partial charge in [-0.05, 0) is 19.1 Å². The molecule has 1 amide bonds. The number of likely N-dealkylation sites (N-methyl/N-ethyl adjacent to an activating group) is 1. The van der Waals surface area contributed by atoms with E-state index in [1.165, 1.54) is 0 Å². The summed E-state index contributed by atoms with van der Waals surface area (Å²) in [6.07, 6.45) is 0.373. The minimum atomic E-state index is -0.000934. The van der Waals surface area contributed by atoms with E-state index in [0.717, 1.165) is 5.75 Å². The molecule has 1 atom stereocenters. The molecule has 0 heterocycles. The zero-order valence-corrected chi connectivity index (χ0v) is 10.4. The quantitative estimate of drug-likeness (QED) is 0.809. The van der Waals surface area contributed by atoms with Crippen LogP contribution in [0.1, 0.15) is 13.3 Å². The molecule has 0 aliphatic heterocycles. The molecule has 1 rings (SSSR count). The topological polar surface area (TPSA) is 55.6 Å². The van der Waals surface area contributed by atoms with Crippen LogP contribution < -0.4 is 10.5 Å². The van der Waals surface area contributed by atoms with Crippen molar-refractivity contribution in [3.63, 3.8) is 0 Å². The Balaban J connectivity index is 2.24. The van der Waals surface area contributed by atoms with E-state index in [0.29, 0.717) is 19.6 Å². The number of carbonyl (C=O) groups is 1. The number of nitrogens with zero attached hydrogens (tertiary/aromatic N) is 1. The lowest BCUT2D eigenvalue weighted by atomic mass is 10.3. The number of ether oxygens (including phenoxy) is 1. The lowest BCUT2D eigenvalue weighted by molar-refractivity contribution is -0.130. The zero-order valence-electron chi connectivity index (χ0n) is 10.4. The van der Waals surface area contributed by atoms with Crippen LogP contribution in [-0.4, -0.2) is 37.0 Å². The first kappa shape index (κ1) is 13.5. The SMILES string of the molecule is CC(N)CN(C)C(=O)CCOc1ccccc1. The molecule has 17 heavy (non-hydrogen) atoms. The van der Waals surface area contributed by atoms with Gasteiger partial charge in [-0.1, -0.05) is 18.2 Å². The van der Waals surface area contributed by atoms with Crippen LogP contribution in [0.3, 0.4) is 0 Å². The Labute approximate surface area is 102 Å². The molecule has 0 fully saturated rings. The van der Waals surface area contributed by atoms with Gasteiger partial charge in [-0.3, -0.25) is 4.79 Å². The average molecular weight is 236 g/mol. The minimum Gasteiger partial charge on any atom is -0.493 e. The largest absolute Gasteiger partial charge is 0.493 e. The predicted molar refractivity (Wildman–Crippen MR) is 67.8 cm³/mol. The lowest BCUT2D eigenvalue weighted by Crippen LogP contribution is -2.37. The fourth-order valence-corrected chi connectivity index (χ4v) is 1.50. The fraction of sp³-hybridized carbons (Fsp3) is 0.462. The van der Waals surface area contributed by atoms with Gasteiger partial charge in [0.25, 0.3) is 0 Å². The van der Waals surface area contributed by atoms with Crippen LogP contribution in [0.15, 0.2) is 30.3 Å². The van der Waals surface area contributed by atoms with Gasteiger partial charge in [-0.25, -0.2) is 0 Å². The van der Waals surface area contributed by atoms with E-state index >= 15 is 0 Å². The molecule has 1 aromatic carbocycles. The van der Waals surface area contributed by atoms with E-state index in [2.05, 4.69) is 0 Å². The first-order valence-corrected chi connectivity index (χ1v) is 5.77. The van der Waals surface area contributed by atoms with Crippen LogP contribution in [0.4, 0.5) is 0 Å². The first-order valence-electron chi connectivity index (χ1n) is 5.77. The number of para-hydroxylation sites is 1. The van der Waals surface area contributed by atoms with Crippen molar-refractivity contribution < 1.29 is 9.53 Å². The van der Waals surface area contributed by atoms with Crippen molar-refractivity contribution in [1.29, 1.82) is 0 Å². The maximum atomic E-state index is 11.7. The van der Waals surface area contributed by atoms with Crippen LogP contribution in [-0.2, 0) is 4.79 Å². The van der Waals surface area contributed by atoms with Crippen molar-refractivity contribution in [3.8, 4) is 5.75 Å². The molecule has 4 nitrogen and oxygen atoms in total. The summed E-state index contributed by atoms with van der Waals surface area (Å²) in [6, 6.07) is 9.47. The van der Waals surface area contributed by atoms with Gasteiger partial charge in [-0.15, -0.1) is 0 Å².